The highest BCUT2D eigenvalue weighted by molar-refractivity contribution is 5.12. The Bertz CT molecular complexity index is 294. The van der Waals surface area contributed by atoms with Gasteiger partial charge in [-0.3, -0.25) is 4.68 Å². The number of nitrogens with one attached hydrogen (secondary N) is 1. The molecule has 2 unspecified atom stereocenters. The normalized spacial score (nSPS) is 27.9. The van der Waals surface area contributed by atoms with Crippen LogP contribution in [-0.2, 0) is 7.05 Å². The van der Waals surface area contributed by atoms with E-state index in [4.69, 9.17) is 5.73 Å². The van der Waals surface area contributed by atoms with Gasteiger partial charge in [0.1, 0.15) is 0 Å². The predicted octanol–water partition coefficient (Wildman–Crippen LogP) is 0.420. The largest absolute Gasteiger partial charge is 0.330 e. The summed E-state index contributed by atoms with van der Waals surface area (Å²) < 4.78 is 1.85. The number of nitrogens with two attached hydrogens (primary N) is 1. The summed E-state index contributed by atoms with van der Waals surface area (Å²) in [5.74, 6) is 0.563. The summed E-state index contributed by atoms with van der Waals surface area (Å²) in [5, 5.41) is 7.71. The smallest absolute Gasteiger partial charge is 0.0537 e. The van der Waals surface area contributed by atoms with Crippen molar-refractivity contribution >= 4 is 0 Å². The Morgan fingerprint density at radius 3 is 3.21 bits per heavy atom. The minimum absolute atomic E-state index is 0.405. The summed E-state index contributed by atoms with van der Waals surface area (Å²) in [6, 6.07) is 0.405. The van der Waals surface area contributed by atoms with Crippen molar-refractivity contribution in [1.82, 2.24) is 15.1 Å². The molecule has 0 amide bonds. The van der Waals surface area contributed by atoms with E-state index in [1.807, 2.05) is 17.9 Å². The molecule has 78 valence electrons. The van der Waals surface area contributed by atoms with E-state index in [2.05, 4.69) is 16.6 Å². The van der Waals surface area contributed by atoms with E-state index >= 15 is 0 Å². The monoisotopic (exact) mass is 194 g/mol. The van der Waals surface area contributed by atoms with Crippen LogP contribution in [0.2, 0.25) is 0 Å². The number of rotatable bonds is 2. The molecule has 1 fully saturated rings. The maximum absolute atomic E-state index is 5.77. The maximum Gasteiger partial charge on any atom is 0.0537 e. The highest BCUT2D eigenvalue weighted by Crippen LogP contribution is 2.27. The van der Waals surface area contributed by atoms with Crippen molar-refractivity contribution in [2.45, 2.75) is 18.9 Å². The highest BCUT2D eigenvalue weighted by Gasteiger charge is 2.25. The lowest BCUT2D eigenvalue weighted by Crippen LogP contribution is -2.37. The van der Waals surface area contributed by atoms with Crippen molar-refractivity contribution in [3.63, 3.8) is 0 Å². The van der Waals surface area contributed by atoms with Crippen LogP contribution >= 0.6 is 0 Å². The van der Waals surface area contributed by atoms with Gasteiger partial charge in [0.2, 0.25) is 0 Å². The average Bonchev–Trinajstić information content (AvgIpc) is 2.65. The van der Waals surface area contributed by atoms with Crippen LogP contribution in [0, 0.1) is 5.92 Å². The molecule has 3 N–H and O–H groups in total. The van der Waals surface area contributed by atoms with E-state index in [9.17, 15) is 0 Å². The fourth-order valence-electron chi connectivity index (χ4n) is 2.20. The number of nitrogens with zero attached hydrogens (tertiary/aromatic N) is 2. The summed E-state index contributed by atoms with van der Waals surface area (Å²) in [5.41, 5.74) is 7.04. The fourth-order valence-corrected chi connectivity index (χ4v) is 2.20. The molecule has 2 rings (SSSR count). The first kappa shape index (κ1) is 9.68. The van der Waals surface area contributed by atoms with Crippen LogP contribution in [-0.4, -0.2) is 22.9 Å². The molecule has 0 bridgehead atoms. The van der Waals surface area contributed by atoms with Crippen LogP contribution in [0.15, 0.2) is 12.4 Å². The van der Waals surface area contributed by atoms with Crippen LogP contribution in [0.1, 0.15) is 24.4 Å². The number of hydrogen-bond donors (Lipinski definition) is 2. The quantitative estimate of drug-likeness (QED) is 0.717. The molecular weight excluding hydrogens is 176 g/mol. The van der Waals surface area contributed by atoms with Crippen LogP contribution < -0.4 is 11.1 Å². The first-order valence-electron chi connectivity index (χ1n) is 5.23. The van der Waals surface area contributed by atoms with E-state index in [1.54, 1.807) is 0 Å². The standard InChI is InChI=1S/C10H18N4/c1-14-7-9(6-13-14)10-8(5-11)3-2-4-12-10/h6-8,10,12H,2-5,11H2,1H3. The van der Waals surface area contributed by atoms with E-state index in [0.717, 1.165) is 13.1 Å². The number of hydrogen-bond acceptors (Lipinski definition) is 3. The van der Waals surface area contributed by atoms with Gasteiger partial charge < -0.3 is 11.1 Å². The zero-order valence-corrected chi connectivity index (χ0v) is 8.61. The zero-order chi connectivity index (χ0) is 9.97. The first-order valence-corrected chi connectivity index (χ1v) is 5.23. The molecule has 2 atom stereocenters. The highest BCUT2D eigenvalue weighted by atomic mass is 15.2. The van der Waals surface area contributed by atoms with E-state index in [0.29, 0.717) is 12.0 Å². The Morgan fingerprint density at radius 1 is 1.71 bits per heavy atom. The molecule has 2 heterocycles. The van der Waals surface area contributed by atoms with Crippen LogP contribution in [0.4, 0.5) is 0 Å². The van der Waals surface area contributed by atoms with Gasteiger partial charge in [-0.05, 0) is 31.8 Å². The molecule has 0 saturated carbocycles. The molecule has 1 aromatic rings. The first-order chi connectivity index (χ1) is 6.81. The van der Waals surface area contributed by atoms with Gasteiger partial charge in [0.15, 0.2) is 0 Å². The third-order valence-corrected chi connectivity index (χ3v) is 2.97. The van der Waals surface area contributed by atoms with Gasteiger partial charge >= 0.3 is 0 Å². The van der Waals surface area contributed by atoms with E-state index < -0.39 is 0 Å². The van der Waals surface area contributed by atoms with Crippen molar-refractivity contribution in [3.8, 4) is 0 Å². The van der Waals surface area contributed by atoms with Crippen LogP contribution in [0.5, 0.6) is 0 Å². The molecule has 0 aromatic carbocycles. The third kappa shape index (κ3) is 1.81. The van der Waals surface area contributed by atoms with Crippen molar-refractivity contribution in [2.24, 2.45) is 18.7 Å². The zero-order valence-electron chi connectivity index (χ0n) is 8.61. The van der Waals surface area contributed by atoms with E-state index in [-0.39, 0.29) is 0 Å². The molecule has 14 heavy (non-hydrogen) atoms. The van der Waals surface area contributed by atoms with Crippen molar-refractivity contribution in [1.29, 1.82) is 0 Å². The second-order valence-corrected chi connectivity index (χ2v) is 4.02. The van der Waals surface area contributed by atoms with Crippen LogP contribution in [0.3, 0.4) is 0 Å². The molecule has 1 aliphatic heterocycles. The van der Waals surface area contributed by atoms with E-state index in [1.165, 1.54) is 18.4 Å². The topological polar surface area (TPSA) is 55.9 Å². The molecule has 1 aliphatic rings. The van der Waals surface area contributed by atoms with Gasteiger partial charge in [-0.15, -0.1) is 0 Å². The SMILES string of the molecule is Cn1cc(C2NCCCC2CN)cn1. The minimum Gasteiger partial charge on any atom is -0.330 e. The molecule has 0 spiro atoms. The maximum atomic E-state index is 5.77. The fraction of sp³-hybridized carbons (Fsp3) is 0.700. The van der Waals surface area contributed by atoms with Crippen molar-refractivity contribution in [3.05, 3.63) is 18.0 Å². The lowest BCUT2D eigenvalue weighted by molar-refractivity contribution is 0.291. The lowest BCUT2D eigenvalue weighted by atomic mass is 9.88. The molecular formula is C10H18N4. The minimum atomic E-state index is 0.405. The molecule has 0 radical (unpaired) electrons. The van der Waals surface area contributed by atoms with Crippen molar-refractivity contribution in [2.75, 3.05) is 13.1 Å². The van der Waals surface area contributed by atoms with Gasteiger partial charge in [0.05, 0.1) is 6.20 Å². The molecule has 4 nitrogen and oxygen atoms in total. The number of aryl methyl sites for hydroxylation is 1. The van der Waals surface area contributed by atoms with Crippen LogP contribution in [0.25, 0.3) is 0 Å². The van der Waals surface area contributed by atoms with Gasteiger partial charge in [-0.25, -0.2) is 0 Å². The second-order valence-electron chi connectivity index (χ2n) is 4.02. The summed E-state index contributed by atoms with van der Waals surface area (Å²) >= 11 is 0. The Balaban J connectivity index is 2.14. The van der Waals surface area contributed by atoms with Gasteiger partial charge in [0.25, 0.3) is 0 Å². The molecule has 1 aromatic heterocycles. The summed E-state index contributed by atoms with van der Waals surface area (Å²) in [6.07, 6.45) is 6.47. The van der Waals surface area contributed by atoms with Gasteiger partial charge in [0, 0.05) is 24.8 Å². The molecule has 4 heteroatoms. The Morgan fingerprint density at radius 2 is 2.57 bits per heavy atom. The van der Waals surface area contributed by atoms with Gasteiger partial charge in [-0.1, -0.05) is 0 Å². The molecule has 0 aliphatic carbocycles. The Kier molecular flexibility index (Phi) is 2.84. The van der Waals surface area contributed by atoms with Crippen molar-refractivity contribution < 1.29 is 0 Å². The average molecular weight is 194 g/mol. The second kappa shape index (κ2) is 4.11. The number of aromatic nitrogens is 2. The van der Waals surface area contributed by atoms with Gasteiger partial charge in [-0.2, -0.15) is 5.10 Å². The Hall–Kier alpha value is -0.870. The number of piperidine rings is 1. The summed E-state index contributed by atoms with van der Waals surface area (Å²) in [7, 11) is 1.95. The summed E-state index contributed by atoms with van der Waals surface area (Å²) in [4.78, 5) is 0. The third-order valence-electron chi connectivity index (χ3n) is 2.97. The lowest BCUT2D eigenvalue weighted by Gasteiger charge is -2.31. The molecule has 1 saturated heterocycles. The summed E-state index contributed by atoms with van der Waals surface area (Å²) in [6.45, 7) is 1.85. The predicted molar refractivity (Wildman–Crippen MR) is 55.7 cm³/mol. The Labute approximate surface area is 84.5 Å².